The average Bonchev–Trinajstić information content (AvgIpc) is 2.70. The van der Waals surface area contributed by atoms with Gasteiger partial charge in [-0.25, -0.2) is 0 Å². The Kier molecular flexibility index (Phi) is 6.81. The van der Waals surface area contributed by atoms with Gasteiger partial charge in [0.25, 0.3) is 0 Å². The number of ketones is 1. The third-order valence-electron chi connectivity index (χ3n) is 4.89. The fourth-order valence-electron chi connectivity index (χ4n) is 3.16. The number of hydrogen-bond acceptors (Lipinski definition) is 4. The van der Waals surface area contributed by atoms with E-state index in [2.05, 4.69) is 16.8 Å². The molecule has 4 nitrogen and oxygen atoms in total. The van der Waals surface area contributed by atoms with Crippen molar-refractivity contribution in [2.24, 2.45) is 0 Å². The second-order valence-corrected chi connectivity index (χ2v) is 6.92. The van der Waals surface area contributed by atoms with Crippen LogP contribution in [0.3, 0.4) is 0 Å². The van der Waals surface area contributed by atoms with Crippen LogP contribution in [0, 0.1) is 0 Å². The molecule has 1 saturated heterocycles. The topological polar surface area (TPSA) is 32.8 Å². The van der Waals surface area contributed by atoms with Gasteiger partial charge in [0.15, 0.2) is 5.78 Å². The molecule has 0 N–H and O–H groups in total. The first-order valence-corrected chi connectivity index (χ1v) is 9.46. The monoisotopic (exact) mass is 352 g/mol. The maximum absolute atomic E-state index is 12.4. The Hall–Kier alpha value is -2.17. The fourth-order valence-corrected chi connectivity index (χ4v) is 3.16. The van der Waals surface area contributed by atoms with Gasteiger partial charge in [0, 0.05) is 37.3 Å². The molecule has 0 aromatic heterocycles. The van der Waals surface area contributed by atoms with Crippen molar-refractivity contribution in [2.45, 2.75) is 12.8 Å². The summed E-state index contributed by atoms with van der Waals surface area (Å²) in [6.45, 7) is 6.57. The first kappa shape index (κ1) is 18.6. The second kappa shape index (κ2) is 9.51. The summed E-state index contributed by atoms with van der Waals surface area (Å²) in [5, 5.41) is 0. The van der Waals surface area contributed by atoms with Gasteiger partial charge < -0.3 is 14.5 Å². The summed E-state index contributed by atoms with van der Waals surface area (Å²) in [5.41, 5.74) is 1.41. The zero-order valence-corrected chi connectivity index (χ0v) is 15.6. The van der Waals surface area contributed by atoms with Crippen molar-refractivity contribution < 1.29 is 9.53 Å². The maximum Gasteiger partial charge on any atom is 0.193 e. The summed E-state index contributed by atoms with van der Waals surface area (Å²) < 4.78 is 5.81. The molecule has 138 valence electrons. The molecule has 0 atom stereocenters. The van der Waals surface area contributed by atoms with Crippen LogP contribution in [0.1, 0.15) is 28.8 Å². The first-order chi connectivity index (χ1) is 12.7. The molecule has 0 aliphatic carbocycles. The Morgan fingerprint density at radius 1 is 0.885 bits per heavy atom. The Morgan fingerprint density at radius 2 is 1.54 bits per heavy atom. The van der Waals surface area contributed by atoms with Crippen molar-refractivity contribution >= 4 is 5.78 Å². The molecule has 4 heteroatoms. The van der Waals surface area contributed by atoms with Crippen molar-refractivity contribution in [1.29, 1.82) is 0 Å². The van der Waals surface area contributed by atoms with Gasteiger partial charge in [0.05, 0.1) is 6.61 Å². The van der Waals surface area contributed by atoms with Crippen LogP contribution in [0.15, 0.2) is 54.6 Å². The predicted octanol–water partition coefficient (Wildman–Crippen LogP) is 3.32. The van der Waals surface area contributed by atoms with Gasteiger partial charge in [-0.2, -0.15) is 0 Å². The molecule has 0 radical (unpaired) electrons. The van der Waals surface area contributed by atoms with Gasteiger partial charge in [0.1, 0.15) is 5.75 Å². The minimum absolute atomic E-state index is 0.0457. The summed E-state index contributed by atoms with van der Waals surface area (Å²) in [4.78, 5) is 17.3. The zero-order valence-electron chi connectivity index (χ0n) is 15.6. The second-order valence-electron chi connectivity index (χ2n) is 6.92. The fraction of sp³-hybridized carbons (Fsp3) is 0.409. The van der Waals surface area contributed by atoms with Gasteiger partial charge in [0.2, 0.25) is 0 Å². The third kappa shape index (κ3) is 5.41. The summed E-state index contributed by atoms with van der Waals surface area (Å²) in [6.07, 6.45) is 2.21. The molecule has 0 unspecified atom stereocenters. The lowest BCUT2D eigenvalue weighted by Gasteiger charge is -2.32. The maximum atomic E-state index is 12.4. The number of piperazine rings is 1. The van der Waals surface area contributed by atoms with E-state index in [0.29, 0.717) is 11.1 Å². The molecule has 0 saturated carbocycles. The number of carbonyl (C=O) groups excluding carboxylic acids is 1. The van der Waals surface area contributed by atoms with Crippen molar-refractivity contribution in [3.8, 4) is 5.75 Å². The van der Waals surface area contributed by atoms with Crippen molar-refractivity contribution in [3.05, 3.63) is 65.7 Å². The zero-order chi connectivity index (χ0) is 18.2. The van der Waals surface area contributed by atoms with Crippen molar-refractivity contribution in [3.63, 3.8) is 0 Å². The number of ether oxygens (including phenoxy) is 1. The Balaban J connectivity index is 1.37. The minimum Gasteiger partial charge on any atom is -0.494 e. The molecule has 1 heterocycles. The highest BCUT2D eigenvalue weighted by atomic mass is 16.5. The van der Waals surface area contributed by atoms with E-state index >= 15 is 0 Å². The molecule has 2 aromatic rings. The summed E-state index contributed by atoms with van der Waals surface area (Å²) in [6, 6.07) is 16.8. The van der Waals surface area contributed by atoms with E-state index in [4.69, 9.17) is 4.74 Å². The SMILES string of the molecule is CN1CCN(CCCCOc2ccc(C(=O)c3ccccc3)cc2)CC1. The molecule has 3 rings (SSSR count). The van der Waals surface area contributed by atoms with Gasteiger partial charge in [-0.3, -0.25) is 4.79 Å². The van der Waals surface area contributed by atoms with Gasteiger partial charge in [-0.15, -0.1) is 0 Å². The van der Waals surface area contributed by atoms with Crippen LogP contribution in [0.2, 0.25) is 0 Å². The van der Waals surface area contributed by atoms with Crippen LogP contribution < -0.4 is 4.74 Å². The molecule has 0 spiro atoms. The molecule has 0 bridgehead atoms. The van der Waals surface area contributed by atoms with Gasteiger partial charge in [-0.05, 0) is 50.7 Å². The van der Waals surface area contributed by atoms with Crippen molar-refractivity contribution in [2.75, 3.05) is 46.4 Å². The van der Waals surface area contributed by atoms with E-state index in [-0.39, 0.29) is 5.78 Å². The largest absolute Gasteiger partial charge is 0.494 e. The minimum atomic E-state index is 0.0457. The number of likely N-dealkylation sites (N-methyl/N-ethyl adjacent to an activating group) is 1. The molecule has 1 aliphatic rings. The number of carbonyl (C=O) groups is 1. The Morgan fingerprint density at radius 3 is 2.23 bits per heavy atom. The van der Waals surface area contributed by atoms with E-state index in [1.54, 1.807) is 0 Å². The quantitative estimate of drug-likeness (QED) is 0.539. The molecule has 1 aliphatic heterocycles. The van der Waals surface area contributed by atoms with E-state index in [0.717, 1.165) is 31.7 Å². The van der Waals surface area contributed by atoms with E-state index in [9.17, 15) is 4.79 Å². The summed E-state index contributed by atoms with van der Waals surface area (Å²) in [5.74, 6) is 0.874. The van der Waals surface area contributed by atoms with E-state index < -0.39 is 0 Å². The van der Waals surface area contributed by atoms with Crippen LogP contribution in [-0.4, -0.2) is 62.0 Å². The summed E-state index contributed by atoms with van der Waals surface area (Å²) >= 11 is 0. The van der Waals surface area contributed by atoms with Crippen LogP contribution in [0.25, 0.3) is 0 Å². The highest BCUT2D eigenvalue weighted by molar-refractivity contribution is 6.08. The molecular weight excluding hydrogens is 324 g/mol. The molecule has 1 fully saturated rings. The Bertz CT molecular complexity index is 677. The number of nitrogens with zero attached hydrogens (tertiary/aromatic N) is 2. The molecule has 26 heavy (non-hydrogen) atoms. The highest BCUT2D eigenvalue weighted by Crippen LogP contribution is 2.16. The normalized spacial score (nSPS) is 15.7. The lowest BCUT2D eigenvalue weighted by Crippen LogP contribution is -2.44. The third-order valence-corrected chi connectivity index (χ3v) is 4.89. The number of benzene rings is 2. The smallest absolute Gasteiger partial charge is 0.193 e. The van der Waals surface area contributed by atoms with Crippen LogP contribution in [-0.2, 0) is 0 Å². The standard InChI is InChI=1S/C22H28N2O2/c1-23-14-16-24(17-15-23)13-5-6-18-26-21-11-9-20(10-12-21)22(25)19-7-3-2-4-8-19/h2-4,7-12H,5-6,13-18H2,1H3. The average molecular weight is 352 g/mol. The van der Waals surface area contributed by atoms with Crippen LogP contribution in [0.4, 0.5) is 0 Å². The first-order valence-electron chi connectivity index (χ1n) is 9.46. The lowest BCUT2D eigenvalue weighted by molar-refractivity contribution is 0.103. The Labute approximate surface area is 156 Å². The molecule has 0 amide bonds. The lowest BCUT2D eigenvalue weighted by atomic mass is 10.0. The van der Waals surface area contributed by atoms with Gasteiger partial charge in [-0.1, -0.05) is 30.3 Å². The number of hydrogen-bond donors (Lipinski definition) is 0. The van der Waals surface area contributed by atoms with Crippen LogP contribution >= 0.6 is 0 Å². The number of unbranched alkanes of at least 4 members (excludes halogenated alkanes) is 1. The highest BCUT2D eigenvalue weighted by Gasteiger charge is 2.12. The van der Waals surface area contributed by atoms with E-state index in [1.165, 1.54) is 26.2 Å². The van der Waals surface area contributed by atoms with E-state index in [1.807, 2.05) is 54.6 Å². The van der Waals surface area contributed by atoms with Crippen molar-refractivity contribution in [1.82, 2.24) is 9.80 Å². The molecular formula is C22H28N2O2. The molecule has 2 aromatic carbocycles. The van der Waals surface area contributed by atoms with Crippen LogP contribution in [0.5, 0.6) is 5.75 Å². The van der Waals surface area contributed by atoms with Gasteiger partial charge >= 0.3 is 0 Å². The summed E-state index contributed by atoms with van der Waals surface area (Å²) in [7, 11) is 2.18. The number of rotatable bonds is 8. The predicted molar refractivity (Wildman–Crippen MR) is 105 cm³/mol.